The van der Waals surface area contributed by atoms with Crippen molar-refractivity contribution in [3.8, 4) is 6.07 Å². The van der Waals surface area contributed by atoms with Crippen LogP contribution >= 0.6 is 23.2 Å². The highest BCUT2D eigenvalue weighted by atomic mass is 35.5. The minimum absolute atomic E-state index is 0.221. The number of carbonyl (C=O) groups is 2. The van der Waals surface area contributed by atoms with Gasteiger partial charge in [-0.3, -0.25) is 9.59 Å². The van der Waals surface area contributed by atoms with Gasteiger partial charge in [0.1, 0.15) is 6.42 Å². The summed E-state index contributed by atoms with van der Waals surface area (Å²) in [6.07, 6.45) is -0.221. The maximum Gasteiger partial charge on any atom is 0.251 e. The zero-order chi connectivity index (χ0) is 18.4. The summed E-state index contributed by atoms with van der Waals surface area (Å²) in [7, 11) is 0. The van der Waals surface area contributed by atoms with Crippen molar-refractivity contribution >= 4 is 40.7 Å². The normalized spacial score (nSPS) is 11.3. The molecule has 128 valence electrons. The molecule has 0 saturated heterocycles. The molecule has 5 nitrogen and oxygen atoms in total. The lowest BCUT2D eigenvalue weighted by atomic mass is 10.1. The van der Waals surface area contributed by atoms with Gasteiger partial charge in [0.05, 0.1) is 12.1 Å². The summed E-state index contributed by atoms with van der Waals surface area (Å²) in [5.74, 6) is -0.667. The van der Waals surface area contributed by atoms with Crippen LogP contribution < -0.4 is 10.6 Å². The first-order chi connectivity index (χ1) is 11.9. The molecule has 0 aliphatic carbocycles. The van der Waals surface area contributed by atoms with Crippen LogP contribution in [0.5, 0.6) is 0 Å². The number of hydrogen-bond donors (Lipinski definition) is 2. The number of nitrogens with zero attached hydrogens (tertiary/aromatic N) is 1. The van der Waals surface area contributed by atoms with Gasteiger partial charge < -0.3 is 10.6 Å². The molecule has 2 N–H and O–H groups in total. The lowest BCUT2D eigenvalue weighted by molar-refractivity contribution is -0.115. The molecule has 7 heteroatoms. The van der Waals surface area contributed by atoms with Crippen LogP contribution in [0.1, 0.15) is 35.3 Å². The van der Waals surface area contributed by atoms with E-state index < -0.39 is 5.91 Å². The van der Waals surface area contributed by atoms with Gasteiger partial charge in [-0.15, -0.1) is 0 Å². The van der Waals surface area contributed by atoms with Crippen LogP contribution in [0.2, 0.25) is 10.0 Å². The van der Waals surface area contributed by atoms with Crippen molar-refractivity contribution < 1.29 is 9.59 Å². The van der Waals surface area contributed by atoms with Crippen LogP contribution in [-0.2, 0) is 4.79 Å². The van der Waals surface area contributed by atoms with E-state index in [0.29, 0.717) is 21.3 Å². The lowest BCUT2D eigenvalue weighted by Crippen LogP contribution is -2.26. The summed E-state index contributed by atoms with van der Waals surface area (Å²) in [6.45, 7) is 1.82. The molecule has 2 rings (SSSR count). The third kappa shape index (κ3) is 5.21. The van der Waals surface area contributed by atoms with Crippen LogP contribution in [0.15, 0.2) is 42.5 Å². The smallest absolute Gasteiger partial charge is 0.251 e. The first-order valence-corrected chi connectivity index (χ1v) is 8.19. The van der Waals surface area contributed by atoms with Crippen molar-refractivity contribution in [3.05, 3.63) is 63.6 Å². The van der Waals surface area contributed by atoms with Gasteiger partial charge in [0.25, 0.3) is 5.91 Å². The molecule has 2 amide bonds. The fourth-order valence-electron chi connectivity index (χ4n) is 2.19. The average molecular weight is 376 g/mol. The van der Waals surface area contributed by atoms with E-state index in [1.165, 1.54) is 0 Å². The summed E-state index contributed by atoms with van der Waals surface area (Å²) in [5, 5.41) is 14.9. The van der Waals surface area contributed by atoms with Gasteiger partial charge in [0.2, 0.25) is 5.91 Å². The quantitative estimate of drug-likeness (QED) is 0.815. The van der Waals surface area contributed by atoms with Gasteiger partial charge in [-0.1, -0.05) is 29.3 Å². The summed E-state index contributed by atoms with van der Waals surface area (Å²) in [4.78, 5) is 23.7. The lowest BCUT2D eigenvalue weighted by Gasteiger charge is -2.16. The average Bonchev–Trinajstić information content (AvgIpc) is 2.55. The van der Waals surface area contributed by atoms with E-state index in [1.54, 1.807) is 48.5 Å². The maximum absolute atomic E-state index is 12.3. The number of carbonyl (C=O) groups excluding carboxylic acids is 2. The first kappa shape index (κ1) is 18.8. The van der Waals surface area contributed by atoms with Crippen LogP contribution in [0.25, 0.3) is 0 Å². The highest BCUT2D eigenvalue weighted by molar-refractivity contribution is 6.35. The third-order valence-corrected chi connectivity index (χ3v) is 4.01. The molecule has 0 aromatic heterocycles. The Labute approximate surface area is 155 Å². The Morgan fingerprint density at radius 2 is 1.84 bits per heavy atom. The van der Waals surface area contributed by atoms with E-state index >= 15 is 0 Å². The molecule has 25 heavy (non-hydrogen) atoms. The van der Waals surface area contributed by atoms with Crippen molar-refractivity contribution in [2.45, 2.75) is 19.4 Å². The zero-order valence-electron chi connectivity index (χ0n) is 13.3. The molecule has 0 aliphatic heterocycles. The van der Waals surface area contributed by atoms with Gasteiger partial charge >= 0.3 is 0 Å². The molecule has 0 aliphatic rings. The standard InChI is InChI=1S/C18H15Cl2N3O2/c1-11(15-7-4-13(19)10-16(15)20)22-18(25)12-2-5-14(6-3-12)23-17(24)8-9-21/h2-7,10-11H,8H2,1H3,(H,22,25)(H,23,24)/t11-/m1/s1. The second kappa shape index (κ2) is 8.52. The van der Waals surface area contributed by atoms with E-state index in [-0.39, 0.29) is 18.4 Å². The van der Waals surface area contributed by atoms with E-state index in [1.807, 2.05) is 6.92 Å². The minimum atomic E-state index is -0.397. The summed E-state index contributed by atoms with van der Waals surface area (Å²) < 4.78 is 0. The SMILES string of the molecule is C[C@@H](NC(=O)c1ccc(NC(=O)CC#N)cc1)c1ccc(Cl)cc1Cl. The Morgan fingerprint density at radius 3 is 2.44 bits per heavy atom. The van der Waals surface area contributed by atoms with Gasteiger partial charge in [-0.2, -0.15) is 5.26 Å². The number of amides is 2. The van der Waals surface area contributed by atoms with Crippen LogP contribution in [0, 0.1) is 11.3 Å². The Balaban J connectivity index is 2.03. The Morgan fingerprint density at radius 1 is 1.16 bits per heavy atom. The van der Waals surface area contributed by atoms with Crippen molar-refractivity contribution in [1.29, 1.82) is 5.26 Å². The molecule has 0 saturated carbocycles. The first-order valence-electron chi connectivity index (χ1n) is 7.43. The number of rotatable bonds is 5. The molecule has 0 spiro atoms. The molecule has 0 radical (unpaired) electrons. The van der Waals surface area contributed by atoms with Gasteiger partial charge in [0, 0.05) is 21.3 Å². The van der Waals surface area contributed by atoms with Gasteiger partial charge in [0.15, 0.2) is 0 Å². The molecule has 0 fully saturated rings. The topological polar surface area (TPSA) is 82.0 Å². The van der Waals surface area contributed by atoms with Crippen molar-refractivity contribution in [3.63, 3.8) is 0 Å². The summed E-state index contributed by atoms with van der Waals surface area (Å²) in [6, 6.07) is 13.0. The van der Waals surface area contributed by atoms with E-state index in [9.17, 15) is 9.59 Å². The fourth-order valence-corrected chi connectivity index (χ4v) is 2.76. The number of anilines is 1. The van der Waals surface area contributed by atoms with Crippen molar-refractivity contribution in [2.24, 2.45) is 0 Å². The molecular formula is C18H15Cl2N3O2. The Kier molecular flexibility index (Phi) is 6.40. The third-order valence-electron chi connectivity index (χ3n) is 3.45. The molecule has 0 bridgehead atoms. The monoisotopic (exact) mass is 375 g/mol. The molecule has 2 aromatic rings. The van der Waals surface area contributed by atoms with Crippen LogP contribution in [0.3, 0.4) is 0 Å². The van der Waals surface area contributed by atoms with Crippen molar-refractivity contribution in [1.82, 2.24) is 5.32 Å². The second-order valence-electron chi connectivity index (χ2n) is 5.32. The molecule has 0 unspecified atom stereocenters. The maximum atomic E-state index is 12.3. The number of hydrogen-bond acceptors (Lipinski definition) is 3. The highest BCUT2D eigenvalue weighted by Crippen LogP contribution is 2.26. The Bertz CT molecular complexity index is 829. The van der Waals surface area contributed by atoms with Gasteiger partial charge in [-0.25, -0.2) is 0 Å². The zero-order valence-corrected chi connectivity index (χ0v) is 14.9. The number of halogens is 2. The van der Waals surface area contributed by atoms with E-state index in [0.717, 1.165) is 5.56 Å². The molecule has 0 heterocycles. The summed E-state index contributed by atoms with van der Waals surface area (Å²) in [5.41, 5.74) is 1.72. The predicted octanol–water partition coefficient (Wildman–Crippen LogP) is 4.34. The van der Waals surface area contributed by atoms with Gasteiger partial charge in [-0.05, 0) is 48.9 Å². The van der Waals surface area contributed by atoms with Crippen LogP contribution in [-0.4, -0.2) is 11.8 Å². The largest absolute Gasteiger partial charge is 0.345 e. The summed E-state index contributed by atoms with van der Waals surface area (Å²) >= 11 is 12.0. The molecule has 1 atom stereocenters. The highest BCUT2D eigenvalue weighted by Gasteiger charge is 2.14. The number of benzene rings is 2. The predicted molar refractivity (Wildman–Crippen MR) is 97.6 cm³/mol. The molecule has 2 aromatic carbocycles. The fraction of sp³-hybridized carbons (Fsp3) is 0.167. The number of nitrogens with one attached hydrogen (secondary N) is 2. The van der Waals surface area contributed by atoms with E-state index in [2.05, 4.69) is 10.6 Å². The Hall–Kier alpha value is -2.55. The minimum Gasteiger partial charge on any atom is -0.345 e. The number of nitriles is 1. The van der Waals surface area contributed by atoms with E-state index in [4.69, 9.17) is 28.5 Å². The molecular weight excluding hydrogens is 361 g/mol. The van der Waals surface area contributed by atoms with Crippen LogP contribution in [0.4, 0.5) is 5.69 Å². The van der Waals surface area contributed by atoms with Crippen molar-refractivity contribution in [2.75, 3.05) is 5.32 Å². The second-order valence-corrected chi connectivity index (χ2v) is 6.17.